The topological polar surface area (TPSA) is 75.5 Å². The molecule has 102 valence electrons. The number of hydrogen-bond donors (Lipinski definition) is 1. The molecule has 1 amide bonds. The summed E-state index contributed by atoms with van der Waals surface area (Å²) in [5, 5.41) is 14.0. The number of carbonyl (C=O) groups excluding carboxylic acids is 1. The third-order valence-corrected chi connectivity index (χ3v) is 3.56. The minimum absolute atomic E-state index is 0.0492. The molecule has 1 aliphatic heterocycles. The van der Waals surface area contributed by atoms with Gasteiger partial charge in [0.05, 0.1) is 4.92 Å². The van der Waals surface area contributed by atoms with Crippen LogP contribution in [-0.2, 0) is 0 Å². The SMILES string of the molecule is Cc1ccc([N+](=O)[O-])cc1C(=O)N(C)C1CCNC1. The molecule has 1 aromatic carbocycles. The predicted octanol–water partition coefficient (Wildman–Crippen LogP) is 1.34. The minimum atomic E-state index is -0.479. The summed E-state index contributed by atoms with van der Waals surface area (Å²) in [6.45, 7) is 3.46. The number of carbonyl (C=O) groups is 1. The Hall–Kier alpha value is -1.95. The number of rotatable bonds is 3. The van der Waals surface area contributed by atoms with Crippen molar-refractivity contribution in [3.05, 3.63) is 39.4 Å². The maximum atomic E-state index is 12.4. The molecule has 1 fully saturated rings. The summed E-state index contributed by atoms with van der Waals surface area (Å²) in [6.07, 6.45) is 0.913. The van der Waals surface area contributed by atoms with E-state index in [4.69, 9.17) is 0 Å². The Morgan fingerprint density at radius 1 is 1.53 bits per heavy atom. The lowest BCUT2D eigenvalue weighted by Gasteiger charge is -2.24. The smallest absolute Gasteiger partial charge is 0.270 e. The van der Waals surface area contributed by atoms with Crippen molar-refractivity contribution in [2.24, 2.45) is 0 Å². The van der Waals surface area contributed by atoms with Gasteiger partial charge in [0.1, 0.15) is 0 Å². The normalized spacial score (nSPS) is 18.3. The standard InChI is InChI=1S/C13H17N3O3/c1-9-3-4-10(16(18)19)7-12(9)13(17)15(2)11-5-6-14-8-11/h3-4,7,11,14H,5-6,8H2,1-2H3. The lowest BCUT2D eigenvalue weighted by Crippen LogP contribution is -2.38. The van der Waals surface area contributed by atoms with Gasteiger partial charge in [0.2, 0.25) is 0 Å². The van der Waals surface area contributed by atoms with Crippen molar-refractivity contribution in [1.82, 2.24) is 10.2 Å². The summed E-state index contributed by atoms with van der Waals surface area (Å²) >= 11 is 0. The van der Waals surface area contributed by atoms with Gasteiger partial charge in [0, 0.05) is 37.3 Å². The van der Waals surface area contributed by atoms with Gasteiger partial charge in [-0.3, -0.25) is 14.9 Å². The number of nitro groups is 1. The van der Waals surface area contributed by atoms with E-state index in [9.17, 15) is 14.9 Å². The highest BCUT2D eigenvalue weighted by Gasteiger charge is 2.25. The van der Waals surface area contributed by atoms with Crippen molar-refractivity contribution < 1.29 is 9.72 Å². The first-order valence-electron chi connectivity index (χ1n) is 6.23. The highest BCUT2D eigenvalue weighted by atomic mass is 16.6. The highest BCUT2D eigenvalue weighted by molar-refractivity contribution is 5.96. The zero-order chi connectivity index (χ0) is 14.0. The molecule has 0 aromatic heterocycles. The summed E-state index contributed by atoms with van der Waals surface area (Å²) in [5.41, 5.74) is 1.11. The van der Waals surface area contributed by atoms with Gasteiger partial charge in [-0.15, -0.1) is 0 Å². The van der Waals surface area contributed by atoms with Crippen molar-refractivity contribution in [1.29, 1.82) is 0 Å². The molecule has 0 spiro atoms. The lowest BCUT2D eigenvalue weighted by atomic mass is 10.1. The van der Waals surface area contributed by atoms with E-state index in [0.717, 1.165) is 25.1 Å². The Kier molecular flexibility index (Phi) is 3.80. The monoisotopic (exact) mass is 263 g/mol. The molecule has 0 aliphatic carbocycles. The Balaban J connectivity index is 2.26. The van der Waals surface area contributed by atoms with Gasteiger partial charge < -0.3 is 10.2 Å². The van der Waals surface area contributed by atoms with Gasteiger partial charge in [-0.25, -0.2) is 0 Å². The van der Waals surface area contributed by atoms with E-state index in [1.807, 2.05) is 0 Å². The molecule has 2 rings (SSSR count). The van der Waals surface area contributed by atoms with Crippen LogP contribution in [0.3, 0.4) is 0 Å². The van der Waals surface area contributed by atoms with Gasteiger partial charge in [-0.2, -0.15) is 0 Å². The minimum Gasteiger partial charge on any atom is -0.337 e. The average Bonchev–Trinajstić information content (AvgIpc) is 2.91. The van der Waals surface area contributed by atoms with Crippen LogP contribution in [0.2, 0.25) is 0 Å². The summed E-state index contributed by atoms with van der Waals surface area (Å²) in [7, 11) is 1.75. The quantitative estimate of drug-likeness (QED) is 0.659. The second-order valence-corrected chi connectivity index (χ2v) is 4.82. The highest BCUT2D eigenvalue weighted by Crippen LogP contribution is 2.20. The molecule has 19 heavy (non-hydrogen) atoms. The summed E-state index contributed by atoms with van der Waals surface area (Å²) in [6, 6.07) is 4.55. The molecule has 1 N–H and O–H groups in total. The summed E-state index contributed by atoms with van der Waals surface area (Å²) in [5.74, 6) is -0.157. The molecule has 1 atom stereocenters. The first-order valence-corrected chi connectivity index (χ1v) is 6.23. The Bertz CT molecular complexity index is 510. The molecule has 0 saturated carbocycles. The third kappa shape index (κ3) is 2.73. The van der Waals surface area contributed by atoms with Crippen LogP contribution in [0.1, 0.15) is 22.3 Å². The van der Waals surface area contributed by atoms with Crippen molar-refractivity contribution in [3.63, 3.8) is 0 Å². The molecule has 1 aliphatic rings. The number of hydrogen-bond acceptors (Lipinski definition) is 4. The molecule has 0 bridgehead atoms. The fourth-order valence-corrected chi connectivity index (χ4v) is 2.28. The van der Waals surface area contributed by atoms with Gasteiger partial charge in [-0.1, -0.05) is 6.07 Å². The molecule has 6 nitrogen and oxygen atoms in total. The van der Waals surface area contributed by atoms with Gasteiger partial charge in [0.15, 0.2) is 0 Å². The number of nitro benzene ring substituents is 1. The van der Waals surface area contributed by atoms with Crippen LogP contribution in [0.4, 0.5) is 5.69 Å². The maximum Gasteiger partial charge on any atom is 0.270 e. The molecule has 0 radical (unpaired) electrons. The number of non-ortho nitro benzene ring substituents is 1. The zero-order valence-corrected chi connectivity index (χ0v) is 11.0. The third-order valence-electron chi connectivity index (χ3n) is 3.56. The van der Waals surface area contributed by atoms with E-state index >= 15 is 0 Å². The van der Waals surface area contributed by atoms with E-state index < -0.39 is 4.92 Å². The van der Waals surface area contributed by atoms with E-state index in [0.29, 0.717) is 5.56 Å². The Labute approximate surface area is 111 Å². The number of amides is 1. The van der Waals surface area contributed by atoms with Crippen molar-refractivity contribution in [2.75, 3.05) is 20.1 Å². The number of nitrogens with zero attached hydrogens (tertiary/aromatic N) is 2. The van der Waals surface area contributed by atoms with Crippen LogP contribution in [-0.4, -0.2) is 41.9 Å². The van der Waals surface area contributed by atoms with E-state index in [1.54, 1.807) is 24.9 Å². The van der Waals surface area contributed by atoms with Crippen LogP contribution >= 0.6 is 0 Å². The average molecular weight is 263 g/mol. The zero-order valence-electron chi connectivity index (χ0n) is 11.0. The van der Waals surface area contributed by atoms with Crippen LogP contribution in [0, 0.1) is 17.0 Å². The molecule has 1 saturated heterocycles. The first-order chi connectivity index (χ1) is 9.00. The fraction of sp³-hybridized carbons (Fsp3) is 0.462. The second-order valence-electron chi connectivity index (χ2n) is 4.82. The largest absolute Gasteiger partial charge is 0.337 e. The molecular formula is C13H17N3O3. The van der Waals surface area contributed by atoms with Gasteiger partial charge in [0.25, 0.3) is 11.6 Å². The first kappa shape index (κ1) is 13.5. The lowest BCUT2D eigenvalue weighted by molar-refractivity contribution is -0.384. The maximum absolute atomic E-state index is 12.4. The molecule has 1 aromatic rings. The fourth-order valence-electron chi connectivity index (χ4n) is 2.28. The van der Waals surface area contributed by atoms with Crippen molar-refractivity contribution >= 4 is 11.6 Å². The van der Waals surface area contributed by atoms with Crippen LogP contribution < -0.4 is 5.32 Å². The van der Waals surface area contributed by atoms with E-state index in [2.05, 4.69) is 5.32 Å². The van der Waals surface area contributed by atoms with Crippen molar-refractivity contribution in [2.45, 2.75) is 19.4 Å². The Morgan fingerprint density at radius 2 is 2.26 bits per heavy atom. The van der Waals surface area contributed by atoms with E-state index in [1.165, 1.54) is 12.1 Å². The van der Waals surface area contributed by atoms with Gasteiger partial charge >= 0.3 is 0 Å². The number of likely N-dealkylation sites (N-methyl/N-ethyl adjacent to an activating group) is 1. The van der Waals surface area contributed by atoms with Crippen LogP contribution in [0.15, 0.2) is 18.2 Å². The van der Waals surface area contributed by atoms with E-state index in [-0.39, 0.29) is 17.6 Å². The Morgan fingerprint density at radius 3 is 2.84 bits per heavy atom. The summed E-state index contributed by atoms with van der Waals surface area (Å²) in [4.78, 5) is 24.4. The summed E-state index contributed by atoms with van der Waals surface area (Å²) < 4.78 is 0. The second kappa shape index (κ2) is 5.36. The molecule has 6 heteroatoms. The molecule has 1 unspecified atom stereocenters. The number of nitrogens with one attached hydrogen (secondary N) is 1. The molecular weight excluding hydrogens is 246 g/mol. The van der Waals surface area contributed by atoms with Crippen LogP contribution in [0.5, 0.6) is 0 Å². The van der Waals surface area contributed by atoms with Gasteiger partial charge in [-0.05, 0) is 25.5 Å². The predicted molar refractivity (Wildman–Crippen MR) is 71.2 cm³/mol. The molecule has 1 heterocycles. The van der Waals surface area contributed by atoms with Crippen LogP contribution in [0.25, 0.3) is 0 Å². The van der Waals surface area contributed by atoms with Crippen molar-refractivity contribution in [3.8, 4) is 0 Å². The number of benzene rings is 1. The number of aryl methyl sites for hydroxylation is 1.